The molecule has 0 radical (unpaired) electrons. The summed E-state index contributed by atoms with van der Waals surface area (Å²) in [6.45, 7) is 2.02. The van der Waals surface area contributed by atoms with Gasteiger partial charge in [0, 0.05) is 19.2 Å². The average molecular weight is 286 g/mol. The van der Waals surface area contributed by atoms with Crippen molar-refractivity contribution in [3.05, 3.63) is 0 Å². The number of rotatable bonds is 5. The summed E-state index contributed by atoms with van der Waals surface area (Å²) in [4.78, 5) is 0. The van der Waals surface area contributed by atoms with E-state index < -0.39 is 27.3 Å². The number of hydrogen-bond acceptors (Lipinski definition) is 4. The first kappa shape index (κ1) is 17.2. The monoisotopic (exact) mass is 286 g/mol. The lowest BCUT2D eigenvalue weighted by atomic mass is 10.2. The van der Waals surface area contributed by atoms with Gasteiger partial charge in [-0.1, -0.05) is 5.92 Å². The minimum absolute atomic E-state index is 0.197. The highest BCUT2D eigenvalue weighted by atomic mass is 32.2. The zero-order valence-electron chi connectivity index (χ0n) is 10.5. The number of nitrogens with one attached hydrogen (secondary N) is 2. The Morgan fingerprint density at radius 3 is 2.17 bits per heavy atom. The number of sulfone groups is 1. The van der Waals surface area contributed by atoms with E-state index in [1.807, 2.05) is 5.43 Å². The topological polar surface area (TPSA) is 58.2 Å². The molecule has 0 spiro atoms. The van der Waals surface area contributed by atoms with Crippen LogP contribution in [0.5, 0.6) is 0 Å². The SMILES string of the molecule is CC(C)(C#CCCNNCC(F)(F)F)S(C)(=O)=O. The van der Waals surface area contributed by atoms with Gasteiger partial charge in [-0.25, -0.2) is 13.8 Å². The molecule has 0 amide bonds. The van der Waals surface area contributed by atoms with Crippen molar-refractivity contribution in [1.29, 1.82) is 0 Å². The Kier molecular flexibility index (Phi) is 6.13. The fourth-order valence-corrected chi connectivity index (χ4v) is 1.00. The molecule has 18 heavy (non-hydrogen) atoms. The van der Waals surface area contributed by atoms with Gasteiger partial charge in [0.15, 0.2) is 9.84 Å². The molecule has 0 aromatic carbocycles. The zero-order valence-corrected chi connectivity index (χ0v) is 11.3. The Balaban J connectivity index is 3.95. The van der Waals surface area contributed by atoms with Gasteiger partial charge in [-0.05, 0) is 13.8 Å². The molecule has 0 bridgehead atoms. The van der Waals surface area contributed by atoms with Crippen LogP contribution < -0.4 is 10.9 Å². The number of hydrogen-bond donors (Lipinski definition) is 2. The Morgan fingerprint density at radius 1 is 1.17 bits per heavy atom. The Labute approximate surface area is 105 Å². The van der Waals surface area contributed by atoms with Crippen LogP contribution in [-0.2, 0) is 9.84 Å². The van der Waals surface area contributed by atoms with E-state index >= 15 is 0 Å². The number of hydrazine groups is 1. The molecule has 0 atom stereocenters. The molecular weight excluding hydrogens is 269 g/mol. The van der Waals surface area contributed by atoms with Crippen LogP contribution in [0.4, 0.5) is 13.2 Å². The van der Waals surface area contributed by atoms with Gasteiger partial charge in [-0.3, -0.25) is 5.43 Å². The molecule has 106 valence electrons. The summed E-state index contributed by atoms with van der Waals surface area (Å²) < 4.78 is 56.6. The fourth-order valence-electron chi connectivity index (χ4n) is 0.744. The lowest BCUT2D eigenvalue weighted by Crippen LogP contribution is -2.39. The summed E-state index contributed by atoms with van der Waals surface area (Å²) in [5, 5.41) is 0. The van der Waals surface area contributed by atoms with Crippen molar-refractivity contribution in [3.63, 3.8) is 0 Å². The molecule has 0 aromatic heterocycles. The third-order valence-corrected chi connectivity index (χ3v) is 4.06. The van der Waals surface area contributed by atoms with E-state index in [0.29, 0.717) is 0 Å². The van der Waals surface area contributed by atoms with E-state index in [1.165, 1.54) is 13.8 Å². The van der Waals surface area contributed by atoms with E-state index in [0.717, 1.165) is 6.26 Å². The largest absolute Gasteiger partial charge is 0.402 e. The summed E-state index contributed by atoms with van der Waals surface area (Å²) in [6.07, 6.45) is -2.93. The zero-order chi connectivity index (χ0) is 14.4. The van der Waals surface area contributed by atoms with E-state index in [-0.39, 0.29) is 13.0 Å². The van der Waals surface area contributed by atoms with Gasteiger partial charge >= 0.3 is 6.18 Å². The van der Waals surface area contributed by atoms with Crippen LogP contribution in [-0.4, -0.2) is 38.7 Å². The summed E-state index contributed by atoms with van der Waals surface area (Å²) in [5.74, 6) is 5.20. The Morgan fingerprint density at radius 2 is 1.72 bits per heavy atom. The highest BCUT2D eigenvalue weighted by molar-refractivity contribution is 7.92. The summed E-state index contributed by atoms with van der Waals surface area (Å²) in [7, 11) is -3.28. The third kappa shape index (κ3) is 7.53. The average Bonchev–Trinajstić information content (AvgIpc) is 2.12. The van der Waals surface area contributed by atoms with Crippen molar-refractivity contribution in [1.82, 2.24) is 10.9 Å². The van der Waals surface area contributed by atoms with Crippen LogP contribution in [0.15, 0.2) is 0 Å². The minimum Gasteiger partial charge on any atom is -0.257 e. The van der Waals surface area contributed by atoms with Gasteiger partial charge in [0.25, 0.3) is 0 Å². The second kappa shape index (κ2) is 6.41. The molecule has 2 N–H and O–H groups in total. The smallest absolute Gasteiger partial charge is 0.257 e. The summed E-state index contributed by atoms with van der Waals surface area (Å²) in [6, 6.07) is 0. The first-order chi connectivity index (χ1) is 7.96. The standard InChI is InChI=1S/C10H17F3N2O2S/c1-9(2,18(3,16)17)6-4-5-7-14-15-8-10(11,12)13/h14-15H,5,7-8H2,1-3H3. The van der Waals surface area contributed by atoms with Gasteiger partial charge < -0.3 is 0 Å². The van der Waals surface area contributed by atoms with Crippen molar-refractivity contribution in [2.75, 3.05) is 19.3 Å². The van der Waals surface area contributed by atoms with Crippen molar-refractivity contribution < 1.29 is 21.6 Å². The third-order valence-electron chi connectivity index (χ3n) is 2.11. The number of alkyl halides is 3. The van der Waals surface area contributed by atoms with Gasteiger partial charge in [-0.2, -0.15) is 13.2 Å². The van der Waals surface area contributed by atoms with Gasteiger partial charge in [0.1, 0.15) is 11.3 Å². The highest BCUT2D eigenvalue weighted by Crippen LogP contribution is 2.13. The maximum absolute atomic E-state index is 11.7. The van der Waals surface area contributed by atoms with Gasteiger partial charge in [0.05, 0.1) is 0 Å². The predicted molar refractivity (Wildman–Crippen MR) is 63.4 cm³/mol. The van der Waals surface area contributed by atoms with Crippen molar-refractivity contribution >= 4 is 9.84 Å². The molecule has 0 aliphatic heterocycles. The first-order valence-corrected chi connectivity index (χ1v) is 7.07. The maximum Gasteiger partial charge on any atom is 0.402 e. The highest BCUT2D eigenvalue weighted by Gasteiger charge is 2.27. The molecule has 0 rings (SSSR count). The van der Waals surface area contributed by atoms with E-state index in [9.17, 15) is 21.6 Å². The van der Waals surface area contributed by atoms with Crippen LogP contribution in [0, 0.1) is 11.8 Å². The number of halogens is 3. The van der Waals surface area contributed by atoms with Crippen molar-refractivity contribution in [2.24, 2.45) is 0 Å². The van der Waals surface area contributed by atoms with Crippen LogP contribution in [0.2, 0.25) is 0 Å². The normalized spacial score (nSPS) is 13.0. The molecule has 0 aliphatic rings. The Hall–Kier alpha value is -0.780. The molecule has 0 saturated heterocycles. The van der Waals surface area contributed by atoms with Gasteiger partial charge in [-0.15, -0.1) is 5.92 Å². The second-order valence-corrected chi connectivity index (χ2v) is 6.79. The van der Waals surface area contributed by atoms with Crippen molar-refractivity contribution in [2.45, 2.75) is 31.2 Å². The van der Waals surface area contributed by atoms with Crippen LogP contribution in [0.25, 0.3) is 0 Å². The Bertz CT molecular complexity index is 419. The van der Waals surface area contributed by atoms with E-state index in [4.69, 9.17) is 0 Å². The molecule has 0 aliphatic carbocycles. The fraction of sp³-hybridized carbons (Fsp3) is 0.800. The first-order valence-electron chi connectivity index (χ1n) is 5.18. The van der Waals surface area contributed by atoms with Crippen LogP contribution >= 0.6 is 0 Å². The summed E-state index contributed by atoms with van der Waals surface area (Å²) >= 11 is 0. The lowest BCUT2D eigenvalue weighted by molar-refractivity contribution is -0.126. The molecule has 4 nitrogen and oxygen atoms in total. The van der Waals surface area contributed by atoms with Crippen LogP contribution in [0.1, 0.15) is 20.3 Å². The molecule has 8 heteroatoms. The van der Waals surface area contributed by atoms with Gasteiger partial charge in [0.2, 0.25) is 0 Å². The van der Waals surface area contributed by atoms with E-state index in [1.54, 1.807) is 0 Å². The molecule has 0 fully saturated rings. The molecule has 0 unspecified atom stereocenters. The quantitative estimate of drug-likeness (QED) is 0.447. The minimum atomic E-state index is -4.27. The molecule has 0 saturated carbocycles. The molecule has 0 heterocycles. The van der Waals surface area contributed by atoms with E-state index in [2.05, 4.69) is 17.3 Å². The van der Waals surface area contributed by atoms with Crippen LogP contribution in [0.3, 0.4) is 0 Å². The summed E-state index contributed by atoms with van der Waals surface area (Å²) in [5.41, 5.74) is 4.34. The van der Waals surface area contributed by atoms with Crippen molar-refractivity contribution in [3.8, 4) is 11.8 Å². The lowest BCUT2D eigenvalue weighted by Gasteiger charge is -2.14. The second-order valence-electron chi connectivity index (χ2n) is 4.23. The molecule has 0 aromatic rings. The predicted octanol–water partition coefficient (Wildman–Crippen LogP) is 0.860. The maximum atomic E-state index is 11.7. The molecular formula is C10H17F3N2O2S.